The van der Waals surface area contributed by atoms with Gasteiger partial charge in [-0.2, -0.15) is 0 Å². The number of para-hydroxylation sites is 1. The Balaban J connectivity index is 1.55. The Morgan fingerprint density at radius 3 is 3.08 bits per heavy atom. The zero-order chi connectivity index (χ0) is 18.1. The van der Waals surface area contributed by atoms with Crippen LogP contribution in [0.4, 0.5) is 0 Å². The van der Waals surface area contributed by atoms with E-state index in [1.54, 1.807) is 0 Å². The fourth-order valence-corrected chi connectivity index (χ4v) is 4.22. The number of fused-ring (bicyclic) bond motifs is 3. The van der Waals surface area contributed by atoms with Gasteiger partial charge in [-0.05, 0) is 44.4 Å². The Kier molecular flexibility index (Phi) is 4.82. The van der Waals surface area contributed by atoms with Crippen LogP contribution in [-0.2, 0) is 9.53 Å². The van der Waals surface area contributed by atoms with Crippen molar-refractivity contribution in [3.8, 4) is 0 Å². The van der Waals surface area contributed by atoms with Gasteiger partial charge in [-0.25, -0.2) is 0 Å². The lowest BCUT2D eigenvalue weighted by molar-refractivity contribution is -0.120. The molecule has 0 radical (unpaired) electrons. The summed E-state index contributed by atoms with van der Waals surface area (Å²) in [5.74, 6) is -0.00123. The van der Waals surface area contributed by atoms with Crippen LogP contribution in [0, 0.1) is 6.92 Å². The number of aromatic nitrogens is 3. The first kappa shape index (κ1) is 17.3. The minimum atomic E-state index is -0.260. The summed E-state index contributed by atoms with van der Waals surface area (Å²) in [7, 11) is 0. The zero-order valence-electron chi connectivity index (χ0n) is 14.9. The van der Waals surface area contributed by atoms with Gasteiger partial charge in [-0.3, -0.25) is 9.20 Å². The number of nitrogens with zero attached hydrogens (tertiary/aromatic N) is 3. The van der Waals surface area contributed by atoms with Crippen LogP contribution in [-0.4, -0.2) is 45.0 Å². The number of carbonyl (C=O) groups excluding carboxylic acids is 1. The lowest BCUT2D eigenvalue weighted by Crippen LogP contribution is -2.36. The monoisotopic (exact) mass is 370 g/mol. The number of hydrogen-bond acceptors (Lipinski definition) is 5. The third-order valence-electron chi connectivity index (χ3n) is 4.75. The van der Waals surface area contributed by atoms with Crippen molar-refractivity contribution in [2.75, 3.05) is 13.2 Å². The van der Waals surface area contributed by atoms with Gasteiger partial charge in [0.1, 0.15) is 0 Å². The van der Waals surface area contributed by atoms with Crippen molar-refractivity contribution in [2.24, 2.45) is 0 Å². The van der Waals surface area contributed by atoms with Crippen molar-refractivity contribution in [3.05, 3.63) is 35.9 Å². The highest BCUT2D eigenvalue weighted by Gasteiger charge is 2.21. The lowest BCUT2D eigenvalue weighted by atomic mass is 10.1. The summed E-state index contributed by atoms with van der Waals surface area (Å²) in [5, 5.41) is 13.2. The summed E-state index contributed by atoms with van der Waals surface area (Å²) >= 11 is 1.43. The van der Waals surface area contributed by atoms with Gasteiger partial charge in [0.25, 0.3) is 0 Å². The number of amides is 1. The van der Waals surface area contributed by atoms with E-state index in [1.807, 2.05) is 29.5 Å². The molecule has 0 spiro atoms. The van der Waals surface area contributed by atoms with E-state index in [-0.39, 0.29) is 17.3 Å². The molecule has 0 aliphatic carbocycles. The van der Waals surface area contributed by atoms with E-state index in [4.69, 9.17) is 4.74 Å². The van der Waals surface area contributed by atoms with Crippen molar-refractivity contribution < 1.29 is 9.53 Å². The number of aryl methyl sites for hydroxylation is 1. The molecule has 4 rings (SSSR count). The molecule has 1 amide bonds. The smallest absolute Gasteiger partial charge is 0.233 e. The molecule has 0 saturated carbocycles. The number of carbonyl (C=O) groups is 1. The van der Waals surface area contributed by atoms with Crippen LogP contribution in [0.3, 0.4) is 0 Å². The SMILES string of the molecule is Cc1cc2nnc(SC(C)C(=O)NCC3CCCO3)n2c2ccccc12. The van der Waals surface area contributed by atoms with Crippen molar-refractivity contribution in [2.45, 2.75) is 43.2 Å². The van der Waals surface area contributed by atoms with E-state index in [1.165, 1.54) is 17.3 Å². The average molecular weight is 370 g/mol. The fraction of sp³-hybridized carbons (Fsp3) is 0.421. The molecule has 2 atom stereocenters. The molecule has 0 bridgehead atoms. The first-order chi connectivity index (χ1) is 12.6. The van der Waals surface area contributed by atoms with Gasteiger partial charge in [0.05, 0.1) is 16.9 Å². The molecule has 2 unspecified atom stereocenters. The standard InChI is InChI=1S/C19H22N4O2S/c1-12-10-17-21-22-19(23(17)16-8-4-3-7-15(12)16)26-13(2)18(24)20-11-14-6-5-9-25-14/h3-4,7-8,10,13-14H,5-6,9,11H2,1-2H3,(H,20,24). The Labute approximate surface area is 156 Å². The summed E-state index contributed by atoms with van der Waals surface area (Å²) in [6, 6.07) is 10.2. The van der Waals surface area contributed by atoms with E-state index in [9.17, 15) is 4.79 Å². The topological polar surface area (TPSA) is 68.5 Å². The van der Waals surface area contributed by atoms with Crippen molar-refractivity contribution in [1.29, 1.82) is 0 Å². The highest BCUT2D eigenvalue weighted by atomic mass is 32.2. The van der Waals surface area contributed by atoms with Gasteiger partial charge in [-0.1, -0.05) is 30.0 Å². The largest absolute Gasteiger partial charge is 0.376 e. The quantitative estimate of drug-likeness (QED) is 0.700. The lowest BCUT2D eigenvalue weighted by Gasteiger charge is -2.14. The number of ether oxygens (including phenoxy) is 1. The highest BCUT2D eigenvalue weighted by Crippen LogP contribution is 2.28. The molecule has 1 fully saturated rings. The molecule has 3 aromatic rings. The van der Waals surface area contributed by atoms with Crippen LogP contribution < -0.4 is 5.32 Å². The zero-order valence-corrected chi connectivity index (χ0v) is 15.8. The molecule has 3 heterocycles. The van der Waals surface area contributed by atoms with Crippen LogP contribution in [0.25, 0.3) is 16.6 Å². The first-order valence-electron chi connectivity index (χ1n) is 8.93. The van der Waals surface area contributed by atoms with E-state index in [0.717, 1.165) is 41.2 Å². The van der Waals surface area contributed by atoms with Crippen molar-refractivity contribution in [3.63, 3.8) is 0 Å². The normalized spacial score (nSPS) is 18.5. The maximum Gasteiger partial charge on any atom is 0.233 e. The molecular weight excluding hydrogens is 348 g/mol. The number of thioether (sulfide) groups is 1. The number of pyridine rings is 1. The Morgan fingerprint density at radius 1 is 1.42 bits per heavy atom. The molecule has 1 aliphatic heterocycles. The van der Waals surface area contributed by atoms with Gasteiger partial charge < -0.3 is 10.1 Å². The van der Waals surface area contributed by atoms with E-state index < -0.39 is 0 Å². The second kappa shape index (κ2) is 7.25. The molecule has 1 saturated heterocycles. The summed E-state index contributed by atoms with van der Waals surface area (Å²) in [4.78, 5) is 12.4. The molecule has 6 nitrogen and oxygen atoms in total. The molecular formula is C19H22N4O2S. The van der Waals surface area contributed by atoms with Crippen LogP contribution >= 0.6 is 11.8 Å². The predicted molar refractivity (Wildman–Crippen MR) is 103 cm³/mol. The van der Waals surface area contributed by atoms with Gasteiger partial charge in [-0.15, -0.1) is 10.2 Å². The fourth-order valence-electron chi connectivity index (χ4n) is 3.33. The summed E-state index contributed by atoms with van der Waals surface area (Å²) in [6.45, 7) is 5.34. The number of nitrogens with one attached hydrogen (secondary N) is 1. The maximum atomic E-state index is 12.4. The number of benzene rings is 1. The van der Waals surface area contributed by atoms with Gasteiger partial charge in [0.15, 0.2) is 10.8 Å². The molecule has 2 aromatic heterocycles. The third kappa shape index (κ3) is 3.29. The van der Waals surface area contributed by atoms with E-state index in [0.29, 0.717) is 6.54 Å². The third-order valence-corrected chi connectivity index (χ3v) is 5.80. The maximum absolute atomic E-state index is 12.4. The second-order valence-corrected chi connectivity index (χ2v) is 7.97. The minimum absolute atomic E-state index is 0.00123. The van der Waals surface area contributed by atoms with E-state index >= 15 is 0 Å². The Hall–Kier alpha value is -2.12. The Bertz CT molecular complexity index is 949. The van der Waals surface area contributed by atoms with Crippen LogP contribution in [0.2, 0.25) is 0 Å². The molecule has 26 heavy (non-hydrogen) atoms. The second-order valence-electron chi connectivity index (χ2n) is 6.66. The summed E-state index contributed by atoms with van der Waals surface area (Å²) < 4.78 is 7.58. The molecule has 136 valence electrons. The number of rotatable bonds is 5. The minimum Gasteiger partial charge on any atom is -0.376 e. The van der Waals surface area contributed by atoms with Crippen LogP contribution in [0.5, 0.6) is 0 Å². The van der Waals surface area contributed by atoms with Crippen LogP contribution in [0.15, 0.2) is 35.5 Å². The van der Waals surface area contributed by atoms with Gasteiger partial charge in [0, 0.05) is 18.5 Å². The van der Waals surface area contributed by atoms with E-state index in [2.05, 4.69) is 34.6 Å². The van der Waals surface area contributed by atoms with Crippen LogP contribution in [0.1, 0.15) is 25.3 Å². The van der Waals surface area contributed by atoms with Gasteiger partial charge >= 0.3 is 0 Å². The molecule has 1 N–H and O–H groups in total. The van der Waals surface area contributed by atoms with Gasteiger partial charge in [0.2, 0.25) is 5.91 Å². The molecule has 1 aliphatic rings. The molecule has 1 aromatic carbocycles. The average Bonchev–Trinajstić information content (AvgIpc) is 3.30. The highest BCUT2D eigenvalue weighted by molar-refractivity contribution is 8.00. The molecule has 7 heteroatoms. The summed E-state index contributed by atoms with van der Waals surface area (Å²) in [5.41, 5.74) is 3.03. The first-order valence-corrected chi connectivity index (χ1v) is 9.81. The predicted octanol–water partition coefficient (Wildman–Crippen LogP) is 2.97. The van der Waals surface area contributed by atoms with Crippen molar-refractivity contribution in [1.82, 2.24) is 19.9 Å². The van der Waals surface area contributed by atoms with Crippen molar-refractivity contribution >= 4 is 34.2 Å². The number of hydrogen-bond donors (Lipinski definition) is 1. The Morgan fingerprint density at radius 2 is 2.27 bits per heavy atom. The summed E-state index contributed by atoms with van der Waals surface area (Å²) in [6.07, 6.45) is 2.24.